The first-order valence-corrected chi connectivity index (χ1v) is 7.95. The van der Waals surface area contributed by atoms with Crippen molar-refractivity contribution in [2.45, 2.75) is 12.5 Å². The van der Waals surface area contributed by atoms with Gasteiger partial charge < -0.3 is 15.0 Å². The number of hydrogen-bond donors (Lipinski definition) is 2. The summed E-state index contributed by atoms with van der Waals surface area (Å²) < 4.78 is 1.98. The van der Waals surface area contributed by atoms with Crippen molar-refractivity contribution in [3.8, 4) is 0 Å². The molecule has 2 heterocycles. The molecule has 0 fully saturated rings. The summed E-state index contributed by atoms with van der Waals surface area (Å²) in [6.07, 6.45) is 1.93. The SMILES string of the molecule is Cn1ccc2c(C(=O)NCC(C)(O)c3cccs3)cccc21. The Morgan fingerprint density at radius 2 is 2.14 bits per heavy atom. The number of rotatable bonds is 4. The molecule has 0 aliphatic heterocycles. The molecule has 0 aliphatic rings. The lowest BCUT2D eigenvalue weighted by atomic mass is 10.0. The molecule has 3 rings (SSSR count). The van der Waals surface area contributed by atoms with Crippen LogP contribution in [0.3, 0.4) is 0 Å². The molecule has 1 amide bonds. The second-order valence-corrected chi connectivity index (χ2v) is 6.55. The number of aromatic nitrogens is 1. The van der Waals surface area contributed by atoms with E-state index in [0.29, 0.717) is 5.56 Å². The van der Waals surface area contributed by atoms with E-state index in [1.807, 2.05) is 53.5 Å². The van der Waals surface area contributed by atoms with Gasteiger partial charge in [-0.1, -0.05) is 12.1 Å². The third-order valence-corrected chi connectivity index (χ3v) is 4.94. The van der Waals surface area contributed by atoms with Crippen LogP contribution in [0.15, 0.2) is 48.0 Å². The van der Waals surface area contributed by atoms with Gasteiger partial charge in [0.05, 0.1) is 6.54 Å². The maximum atomic E-state index is 12.5. The van der Waals surface area contributed by atoms with Gasteiger partial charge >= 0.3 is 0 Å². The summed E-state index contributed by atoms with van der Waals surface area (Å²) in [4.78, 5) is 13.3. The lowest BCUT2D eigenvalue weighted by molar-refractivity contribution is 0.0557. The molecule has 0 saturated carbocycles. The number of carbonyl (C=O) groups excluding carboxylic acids is 1. The number of benzene rings is 1. The van der Waals surface area contributed by atoms with Crippen LogP contribution in [-0.2, 0) is 12.6 Å². The number of hydrogen-bond acceptors (Lipinski definition) is 3. The summed E-state index contributed by atoms with van der Waals surface area (Å²) in [5.41, 5.74) is 0.576. The maximum absolute atomic E-state index is 12.5. The van der Waals surface area contributed by atoms with Crippen molar-refractivity contribution in [1.82, 2.24) is 9.88 Å². The minimum Gasteiger partial charge on any atom is -0.383 e. The van der Waals surface area contributed by atoms with Crippen molar-refractivity contribution in [3.05, 3.63) is 58.4 Å². The van der Waals surface area contributed by atoms with Gasteiger partial charge in [-0.05, 0) is 36.6 Å². The quantitative estimate of drug-likeness (QED) is 0.778. The van der Waals surface area contributed by atoms with Crippen LogP contribution in [0.25, 0.3) is 10.9 Å². The van der Waals surface area contributed by atoms with E-state index < -0.39 is 5.60 Å². The number of amides is 1. The van der Waals surface area contributed by atoms with E-state index >= 15 is 0 Å². The highest BCUT2D eigenvalue weighted by Crippen LogP contribution is 2.25. The van der Waals surface area contributed by atoms with Crippen LogP contribution in [0, 0.1) is 0 Å². The maximum Gasteiger partial charge on any atom is 0.252 e. The number of nitrogens with one attached hydrogen (secondary N) is 1. The number of aryl methyl sites for hydroxylation is 1. The van der Waals surface area contributed by atoms with Gasteiger partial charge in [0.2, 0.25) is 0 Å². The zero-order valence-electron chi connectivity index (χ0n) is 12.5. The highest BCUT2D eigenvalue weighted by atomic mass is 32.1. The molecule has 2 aromatic heterocycles. The first kappa shape index (κ1) is 14.8. The Balaban J connectivity index is 1.79. The van der Waals surface area contributed by atoms with Gasteiger partial charge in [0.25, 0.3) is 5.91 Å². The van der Waals surface area contributed by atoms with Gasteiger partial charge in [0.15, 0.2) is 0 Å². The van der Waals surface area contributed by atoms with Crippen molar-refractivity contribution in [1.29, 1.82) is 0 Å². The summed E-state index contributed by atoms with van der Waals surface area (Å²) in [6, 6.07) is 11.3. The Kier molecular flexibility index (Phi) is 3.76. The zero-order valence-corrected chi connectivity index (χ0v) is 13.4. The number of fused-ring (bicyclic) bond motifs is 1. The molecule has 0 saturated heterocycles. The van der Waals surface area contributed by atoms with Crippen LogP contribution < -0.4 is 5.32 Å². The summed E-state index contributed by atoms with van der Waals surface area (Å²) in [5, 5.41) is 16.1. The van der Waals surface area contributed by atoms with E-state index in [9.17, 15) is 9.90 Å². The second-order valence-electron chi connectivity index (χ2n) is 5.60. The number of aliphatic hydroxyl groups is 1. The largest absolute Gasteiger partial charge is 0.383 e. The fourth-order valence-corrected chi connectivity index (χ4v) is 3.31. The average Bonchev–Trinajstić information content (AvgIpc) is 3.15. The van der Waals surface area contributed by atoms with Gasteiger partial charge in [-0.25, -0.2) is 0 Å². The average molecular weight is 314 g/mol. The van der Waals surface area contributed by atoms with E-state index in [0.717, 1.165) is 15.8 Å². The number of nitrogens with zero attached hydrogens (tertiary/aromatic N) is 1. The van der Waals surface area contributed by atoms with Gasteiger partial charge in [0, 0.05) is 34.6 Å². The number of carbonyl (C=O) groups is 1. The molecule has 5 heteroatoms. The summed E-state index contributed by atoms with van der Waals surface area (Å²) in [6.45, 7) is 1.89. The van der Waals surface area contributed by atoms with Gasteiger partial charge in [-0.3, -0.25) is 4.79 Å². The first-order chi connectivity index (χ1) is 10.5. The van der Waals surface area contributed by atoms with Crippen molar-refractivity contribution in [3.63, 3.8) is 0 Å². The standard InChI is InChI=1S/C17H18N2O2S/c1-17(21,15-7-4-10-22-15)11-18-16(20)13-5-3-6-14-12(13)8-9-19(14)2/h3-10,21H,11H2,1-2H3,(H,18,20). The van der Waals surface area contributed by atoms with Crippen LogP contribution >= 0.6 is 11.3 Å². The van der Waals surface area contributed by atoms with E-state index in [1.54, 1.807) is 13.0 Å². The number of thiophene rings is 1. The van der Waals surface area contributed by atoms with Crippen LogP contribution in [0.4, 0.5) is 0 Å². The third-order valence-electron chi connectivity index (χ3n) is 3.82. The Bertz CT molecular complexity index is 803. The molecule has 4 nitrogen and oxygen atoms in total. The predicted octanol–water partition coefficient (Wildman–Crippen LogP) is 2.88. The fourth-order valence-electron chi connectivity index (χ4n) is 2.52. The lowest BCUT2D eigenvalue weighted by Gasteiger charge is -2.22. The van der Waals surface area contributed by atoms with Crippen molar-refractivity contribution in [2.24, 2.45) is 7.05 Å². The topological polar surface area (TPSA) is 54.3 Å². The second kappa shape index (κ2) is 5.59. The van der Waals surface area contributed by atoms with Crippen LogP contribution in [0.1, 0.15) is 22.2 Å². The van der Waals surface area contributed by atoms with E-state index in [4.69, 9.17) is 0 Å². The minimum absolute atomic E-state index is 0.173. The van der Waals surface area contributed by atoms with Gasteiger partial charge in [-0.15, -0.1) is 11.3 Å². The molecule has 2 N–H and O–H groups in total. The molecule has 0 radical (unpaired) electrons. The van der Waals surface area contributed by atoms with Crippen LogP contribution in [0.2, 0.25) is 0 Å². The Labute approximate surface area is 133 Å². The lowest BCUT2D eigenvalue weighted by Crippen LogP contribution is -2.38. The van der Waals surface area contributed by atoms with Crippen molar-refractivity contribution >= 4 is 28.1 Å². The molecule has 1 atom stereocenters. The molecule has 1 aromatic carbocycles. The van der Waals surface area contributed by atoms with Crippen molar-refractivity contribution in [2.75, 3.05) is 6.54 Å². The predicted molar refractivity (Wildman–Crippen MR) is 89.1 cm³/mol. The van der Waals surface area contributed by atoms with E-state index in [2.05, 4.69) is 5.32 Å². The third kappa shape index (κ3) is 2.65. The van der Waals surface area contributed by atoms with E-state index in [-0.39, 0.29) is 12.5 Å². The van der Waals surface area contributed by atoms with Crippen LogP contribution in [-0.4, -0.2) is 22.1 Å². The Morgan fingerprint density at radius 3 is 2.86 bits per heavy atom. The minimum atomic E-state index is -1.06. The van der Waals surface area contributed by atoms with E-state index in [1.165, 1.54) is 11.3 Å². The summed E-state index contributed by atoms with van der Waals surface area (Å²) >= 11 is 1.48. The van der Waals surface area contributed by atoms with Crippen molar-refractivity contribution < 1.29 is 9.90 Å². The zero-order chi connectivity index (χ0) is 15.7. The highest BCUT2D eigenvalue weighted by molar-refractivity contribution is 7.10. The first-order valence-electron chi connectivity index (χ1n) is 7.08. The van der Waals surface area contributed by atoms with Gasteiger partial charge in [-0.2, -0.15) is 0 Å². The van der Waals surface area contributed by atoms with Gasteiger partial charge in [0.1, 0.15) is 5.60 Å². The fraction of sp³-hybridized carbons (Fsp3) is 0.235. The molecule has 0 aliphatic carbocycles. The smallest absolute Gasteiger partial charge is 0.252 e. The molecular weight excluding hydrogens is 296 g/mol. The molecule has 3 aromatic rings. The van der Waals surface area contributed by atoms with Crippen LogP contribution in [0.5, 0.6) is 0 Å². The molecular formula is C17H18N2O2S. The Morgan fingerprint density at radius 1 is 1.32 bits per heavy atom. The molecule has 0 bridgehead atoms. The molecule has 114 valence electrons. The molecule has 0 spiro atoms. The normalized spacial score (nSPS) is 14.0. The summed E-state index contributed by atoms with van der Waals surface area (Å²) in [7, 11) is 1.95. The highest BCUT2D eigenvalue weighted by Gasteiger charge is 2.25. The molecule has 22 heavy (non-hydrogen) atoms. The molecule has 1 unspecified atom stereocenters. The monoisotopic (exact) mass is 314 g/mol. The Hall–Kier alpha value is -2.11. The summed E-state index contributed by atoms with van der Waals surface area (Å²) in [5.74, 6) is -0.173.